The molecule has 2 rings (SSSR count). The van der Waals surface area contributed by atoms with E-state index in [0.29, 0.717) is 5.82 Å². The lowest BCUT2D eigenvalue weighted by atomic mass is 9.96. The van der Waals surface area contributed by atoms with Gasteiger partial charge in [-0.15, -0.1) is 11.8 Å². The number of nitrogens with one attached hydrogen (secondary N) is 1. The van der Waals surface area contributed by atoms with Gasteiger partial charge in [0.1, 0.15) is 5.82 Å². The number of carbonyl (C=O) groups excluding carboxylic acids is 1. The third-order valence-electron chi connectivity index (χ3n) is 3.32. The third-order valence-corrected chi connectivity index (χ3v) is 4.10. The fourth-order valence-electron chi connectivity index (χ4n) is 1.94. The number of amides is 1. The smallest absolute Gasteiger partial charge is 0.230 e. The van der Waals surface area contributed by atoms with Crippen molar-refractivity contribution in [1.82, 2.24) is 4.98 Å². The summed E-state index contributed by atoms with van der Waals surface area (Å²) in [7, 11) is 0. The fraction of sp³-hybridized carbons (Fsp3) is 0.278. The summed E-state index contributed by atoms with van der Waals surface area (Å²) < 4.78 is 0. The molecule has 0 aliphatic carbocycles. The average Bonchev–Trinajstić information content (AvgIpc) is 2.53. The second-order valence-electron chi connectivity index (χ2n) is 6.16. The highest BCUT2D eigenvalue weighted by atomic mass is 32.2. The molecule has 5 heteroatoms. The standard InChI is InChI=1S/C18H21N3OS/c1-18(2,3)17(22)21-16-8-6-7-13(20-16)12-9-10-15(23-5)14(11-12)19-4/h6-11H,4H2,1-3,5H3,(H,20,21,22). The number of anilines is 1. The summed E-state index contributed by atoms with van der Waals surface area (Å²) in [5.74, 6) is 0.484. The van der Waals surface area contributed by atoms with Crippen molar-refractivity contribution in [1.29, 1.82) is 0 Å². The molecule has 1 amide bonds. The van der Waals surface area contributed by atoms with Gasteiger partial charge in [0.2, 0.25) is 5.91 Å². The van der Waals surface area contributed by atoms with Crippen molar-refractivity contribution < 1.29 is 4.79 Å². The van der Waals surface area contributed by atoms with Crippen LogP contribution < -0.4 is 5.32 Å². The number of pyridine rings is 1. The van der Waals surface area contributed by atoms with Crippen molar-refractivity contribution in [2.75, 3.05) is 11.6 Å². The van der Waals surface area contributed by atoms with Gasteiger partial charge in [-0.2, -0.15) is 0 Å². The van der Waals surface area contributed by atoms with E-state index >= 15 is 0 Å². The highest BCUT2D eigenvalue weighted by molar-refractivity contribution is 7.98. The summed E-state index contributed by atoms with van der Waals surface area (Å²) in [4.78, 5) is 21.7. The molecular formula is C18H21N3OS. The number of rotatable bonds is 4. The number of aliphatic imine (C=N–C) groups is 1. The van der Waals surface area contributed by atoms with Gasteiger partial charge in [0, 0.05) is 15.9 Å². The van der Waals surface area contributed by atoms with Crippen molar-refractivity contribution in [3.63, 3.8) is 0 Å². The molecule has 1 N–H and O–H groups in total. The maximum Gasteiger partial charge on any atom is 0.230 e. The summed E-state index contributed by atoms with van der Waals surface area (Å²) in [6.07, 6.45) is 2.00. The first-order valence-electron chi connectivity index (χ1n) is 7.29. The molecule has 0 unspecified atom stereocenters. The Labute approximate surface area is 141 Å². The van der Waals surface area contributed by atoms with Crippen molar-refractivity contribution >= 4 is 35.9 Å². The molecule has 2 aromatic rings. The molecule has 0 aliphatic heterocycles. The predicted octanol–water partition coefficient (Wildman–Crippen LogP) is 4.79. The van der Waals surface area contributed by atoms with E-state index in [-0.39, 0.29) is 5.91 Å². The van der Waals surface area contributed by atoms with E-state index in [1.54, 1.807) is 17.8 Å². The van der Waals surface area contributed by atoms with Crippen LogP contribution in [0.2, 0.25) is 0 Å². The van der Waals surface area contributed by atoms with Crippen molar-refractivity contribution in [2.24, 2.45) is 10.4 Å². The van der Waals surface area contributed by atoms with E-state index in [1.165, 1.54) is 0 Å². The minimum Gasteiger partial charge on any atom is -0.310 e. The van der Waals surface area contributed by atoms with Crippen LogP contribution in [0.25, 0.3) is 11.3 Å². The molecule has 1 aromatic carbocycles. The minimum absolute atomic E-state index is 0.0617. The van der Waals surface area contributed by atoms with Crippen LogP contribution in [0.3, 0.4) is 0 Å². The van der Waals surface area contributed by atoms with Crippen LogP contribution in [-0.2, 0) is 4.79 Å². The van der Waals surface area contributed by atoms with E-state index in [2.05, 4.69) is 22.0 Å². The molecule has 23 heavy (non-hydrogen) atoms. The lowest BCUT2D eigenvalue weighted by molar-refractivity contribution is -0.123. The van der Waals surface area contributed by atoms with E-state index < -0.39 is 5.41 Å². The molecule has 4 nitrogen and oxygen atoms in total. The molecular weight excluding hydrogens is 306 g/mol. The van der Waals surface area contributed by atoms with Crippen LogP contribution in [0.15, 0.2) is 46.3 Å². The monoisotopic (exact) mass is 327 g/mol. The first kappa shape index (κ1) is 17.2. The zero-order valence-electron chi connectivity index (χ0n) is 13.9. The van der Waals surface area contributed by atoms with Crippen molar-refractivity contribution in [3.8, 4) is 11.3 Å². The summed E-state index contributed by atoms with van der Waals surface area (Å²) >= 11 is 1.63. The molecule has 0 fully saturated rings. The Morgan fingerprint density at radius 3 is 2.61 bits per heavy atom. The van der Waals surface area contributed by atoms with E-state index in [9.17, 15) is 4.79 Å². The first-order valence-corrected chi connectivity index (χ1v) is 8.51. The van der Waals surface area contributed by atoms with Crippen LogP contribution in [0.4, 0.5) is 11.5 Å². The Hall–Kier alpha value is -2.14. The van der Waals surface area contributed by atoms with Crippen LogP contribution >= 0.6 is 11.8 Å². The minimum atomic E-state index is -0.461. The van der Waals surface area contributed by atoms with Crippen LogP contribution in [-0.4, -0.2) is 23.9 Å². The van der Waals surface area contributed by atoms with Gasteiger partial charge >= 0.3 is 0 Å². The van der Waals surface area contributed by atoms with Gasteiger partial charge in [-0.3, -0.25) is 9.79 Å². The Kier molecular flexibility index (Phi) is 5.21. The van der Waals surface area contributed by atoms with Gasteiger partial charge < -0.3 is 5.32 Å². The molecule has 1 aromatic heterocycles. The molecule has 0 atom stereocenters. The normalized spacial score (nSPS) is 11.1. The SMILES string of the molecule is C=Nc1cc(-c2cccc(NC(=O)C(C)(C)C)n2)ccc1SC. The Morgan fingerprint density at radius 2 is 2.00 bits per heavy atom. The Bertz CT molecular complexity index is 735. The molecule has 0 aliphatic rings. The maximum absolute atomic E-state index is 12.1. The van der Waals surface area contributed by atoms with Crippen molar-refractivity contribution in [2.45, 2.75) is 25.7 Å². The predicted molar refractivity (Wildman–Crippen MR) is 98.7 cm³/mol. The van der Waals surface area contributed by atoms with Crippen LogP contribution in [0.1, 0.15) is 20.8 Å². The quantitative estimate of drug-likeness (QED) is 0.649. The molecule has 1 heterocycles. The molecule has 0 radical (unpaired) electrons. The number of nitrogens with zero attached hydrogens (tertiary/aromatic N) is 2. The number of hydrogen-bond acceptors (Lipinski definition) is 4. The molecule has 0 saturated carbocycles. The first-order chi connectivity index (χ1) is 10.8. The zero-order chi connectivity index (χ0) is 17.0. The summed E-state index contributed by atoms with van der Waals surface area (Å²) in [6, 6.07) is 11.5. The number of carbonyl (C=O) groups is 1. The van der Waals surface area contributed by atoms with Gasteiger partial charge in [0.15, 0.2) is 0 Å². The highest BCUT2D eigenvalue weighted by Crippen LogP contribution is 2.32. The van der Waals surface area contributed by atoms with E-state index in [4.69, 9.17) is 0 Å². The topological polar surface area (TPSA) is 54.4 Å². The molecule has 0 bridgehead atoms. The van der Waals surface area contributed by atoms with E-state index in [1.807, 2.05) is 57.4 Å². The van der Waals surface area contributed by atoms with Gasteiger partial charge in [-0.25, -0.2) is 4.98 Å². The van der Waals surface area contributed by atoms with Gasteiger partial charge in [0.05, 0.1) is 11.4 Å². The number of benzene rings is 1. The Morgan fingerprint density at radius 1 is 1.26 bits per heavy atom. The lowest BCUT2D eigenvalue weighted by Crippen LogP contribution is -2.28. The second kappa shape index (κ2) is 6.96. The number of hydrogen-bond donors (Lipinski definition) is 1. The lowest BCUT2D eigenvalue weighted by Gasteiger charge is -2.17. The van der Waals surface area contributed by atoms with Gasteiger partial charge in [-0.05, 0) is 37.2 Å². The average molecular weight is 327 g/mol. The summed E-state index contributed by atoms with van der Waals surface area (Å²) in [5.41, 5.74) is 2.10. The molecule has 120 valence electrons. The molecule has 0 spiro atoms. The summed E-state index contributed by atoms with van der Waals surface area (Å²) in [5, 5.41) is 2.85. The Balaban J connectivity index is 2.33. The van der Waals surface area contributed by atoms with Crippen LogP contribution in [0.5, 0.6) is 0 Å². The van der Waals surface area contributed by atoms with Gasteiger partial charge in [0.25, 0.3) is 0 Å². The zero-order valence-corrected chi connectivity index (χ0v) is 14.7. The fourth-order valence-corrected chi connectivity index (χ4v) is 2.48. The van der Waals surface area contributed by atoms with Crippen molar-refractivity contribution in [3.05, 3.63) is 36.4 Å². The summed E-state index contributed by atoms with van der Waals surface area (Å²) in [6.45, 7) is 9.23. The number of thioether (sulfide) groups is 1. The van der Waals surface area contributed by atoms with Crippen LogP contribution in [0, 0.1) is 5.41 Å². The second-order valence-corrected chi connectivity index (χ2v) is 7.01. The third kappa shape index (κ3) is 4.20. The van der Waals surface area contributed by atoms with E-state index in [0.717, 1.165) is 21.8 Å². The maximum atomic E-state index is 12.1. The van der Waals surface area contributed by atoms with Gasteiger partial charge in [-0.1, -0.05) is 32.9 Å². The number of aromatic nitrogens is 1. The largest absolute Gasteiger partial charge is 0.310 e. The molecule has 0 saturated heterocycles. The highest BCUT2D eigenvalue weighted by Gasteiger charge is 2.21.